The molecular weight excluding hydrogens is 204 g/mol. The fourth-order valence-electron chi connectivity index (χ4n) is 2.04. The van der Waals surface area contributed by atoms with Gasteiger partial charge in [0.15, 0.2) is 0 Å². The van der Waals surface area contributed by atoms with E-state index < -0.39 is 0 Å². The Kier molecular flexibility index (Phi) is 5.77. The zero-order valence-corrected chi connectivity index (χ0v) is 10.7. The lowest BCUT2D eigenvalue weighted by molar-refractivity contribution is -0.148. The van der Waals surface area contributed by atoms with Crippen molar-refractivity contribution in [1.82, 2.24) is 10.2 Å². The molecule has 4 heteroatoms. The summed E-state index contributed by atoms with van der Waals surface area (Å²) in [4.78, 5) is 13.5. The van der Waals surface area contributed by atoms with Gasteiger partial charge in [-0.3, -0.25) is 9.69 Å². The summed E-state index contributed by atoms with van der Waals surface area (Å²) in [6.45, 7) is 6.17. The molecule has 0 spiro atoms. The maximum absolute atomic E-state index is 11.4. The Labute approximate surface area is 98.3 Å². The Morgan fingerprint density at radius 2 is 2.25 bits per heavy atom. The van der Waals surface area contributed by atoms with Gasteiger partial charge in [0, 0.05) is 12.6 Å². The molecule has 0 saturated carbocycles. The van der Waals surface area contributed by atoms with Crippen LogP contribution in [-0.2, 0) is 9.53 Å². The summed E-state index contributed by atoms with van der Waals surface area (Å²) in [5, 5.41) is 3.47. The molecule has 0 aromatic heterocycles. The molecule has 1 heterocycles. The van der Waals surface area contributed by atoms with E-state index in [4.69, 9.17) is 4.74 Å². The predicted molar refractivity (Wildman–Crippen MR) is 64.4 cm³/mol. The van der Waals surface area contributed by atoms with Crippen LogP contribution < -0.4 is 5.32 Å². The van der Waals surface area contributed by atoms with Gasteiger partial charge in [0.1, 0.15) is 0 Å². The molecule has 94 valence electrons. The molecule has 1 saturated heterocycles. The second-order valence-electron chi connectivity index (χ2n) is 4.88. The number of hydrogen-bond acceptors (Lipinski definition) is 4. The summed E-state index contributed by atoms with van der Waals surface area (Å²) in [5.74, 6) is -0.131. The molecule has 1 atom stereocenters. The van der Waals surface area contributed by atoms with Crippen LogP contribution in [0.15, 0.2) is 0 Å². The Bertz CT molecular complexity index is 213. The highest BCUT2D eigenvalue weighted by Crippen LogP contribution is 2.07. The van der Waals surface area contributed by atoms with Crippen LogP contribution in [0.2, 0.25) is 0 Å². The third-order valence-electron chi connectivity index (χ3n) is 2.71. The van der Waals surface area contributed by atoms with Gasteiger partial charge < -0.3 is 10.1 Å². The molecule has 1 N–H and O–H groups in total. The minimum atomic E-state index is -0.131. The molecule has 1 aliphatic heterocycles. The van der Waals surface area contributed by atoms with E-state index in [-0.39, 0.29) is 12.1 Å². The van der Waals surface area contributed by atoms with Crippen molar-refractivity contribution in [3.8, 4) is 0 Å². The van der Waals surface area contributed by atoms with E-state index in [9.17, 15) is 4.79 Å². The summed E-state index contributed by atoms with van der Waals surface area (Å²) in [5.41, 5.74) is 0. The number of rotatable bonds is 5. The second-order valence-corrected chi connectivity index (χ2v) is 4.88. The van der Waals surface area contributed by atoms with Crippen LogP contribution in [0.25, 0.3) is 0 Å². The number of piperidine rings is 1. The van der Waals surface area contributed by atoms with E-state index in [2.05, 4.69) is 5.32 Å². The summed E-state index contributed by atoms with van der Waals surface area (Å²) < 4.78 is 5.11. The highest BCUT2D eigenvalue weighted by molar-refractivity contribution is 5.71. The topological polar surface area (TPSA) is 41.6 Å². The average molecular weight is 228 g/mol. The second kappa shape index (κ2) is 6.86. The Morgan fingerprint density at radius 3 is 2.81 bits per heavy atom. The van der Waals surface area contributed by atoms with Crippen molar-refractivity contribution < 1.29 is 9.53 Å². The number of carbonyl (C=O) groups excluding carboxylic acids is 1. The lowest BCUT2D eigenvalue weighted by atomic mass is 10.0. The Balaban J connectivity index is 2.18. The van der Waals surface area contributed by atoms with E-state index in [1.54, 1.807) is 0 Å². The van der Waals surface area contributed by atoms with Crippen LogP contribution in [0.5, 0.6) is 0 Å². The summed E-state index contributed by atoms with van der Waals surface area (Å²) in [7, 11) is 1.97. The van der Waals surface area contributed by atoms with Crippen molar-refractivity contribution in [1.29, 1.82) is 0 Å². The smallest absolute Gasteiger partial charge is 0.320 e. The van der Waals surface area contributed by atoms with Gasteiger partial charge in [-0.25, -0.2) is 0 Å². The molecule has 0 aromatic rings. The van der Waals surface area contributed by atoms with Gasteiger partial charge in [-0.1, -0.05) is 6.42 Å². The number of ether oxygens (including phenoxy) is 1. The molecule has 4 nitrogen and oxygen atoms in total. The molecular formula is C12H24N2O2. The maximum Gasteiger partial charge on any atom is 0.320 e. The summed E-state index contributed by atoms with van der Waals surface area (Å²) >= 11 is 0. The number of nitrogens with one attached hydrogen (secondary N) is 1. The van der Waals surface area contributed by atoms with E-state index in [0.717, 1.165) is 13.1 Å². The van der Waals surface area contributed by atoms with Crippen LogP contribution in [0.4, 0.5) is 0 Å². The molecule has 1 rings (SSSR count). The van der Waals surface area contributed by atoms with Gasteiger partial charge in [-0.05, 0) is 40.3 Å². The Hall–Kier alpha value is -0.610. The third-order valence-corrected chi connectivity index (χ3v) is 2.71. The van der Waals surface area contributed by atoms with Gasteiger partial charge in [0.2, 0.25) is 0 Å². The molecule has 1 aliphatic rings. The molecule has 16 heavy (non-hydrogen) atoms. The number of hydrogen-bond donors (Lipinski definition) is 1. The van der Waals surface area contributed by atoms with Crippen molar-refractivity contribution in [3.63, 3.8) is 0 Å². The van der Waals surface area contributed by atoms with Crippen molar-refractivity contribution in [2.45, 2.75) is 45.3 Å². The largest absolute Gasteiger partial charge is 0.462 e. The molecule has 1 unspecified atom stereocenters. The minimum absolute atomic E-state index is 0.0197. The zero-order chi connectivity index (χ0) is 12.0. The molecule has 1 fully saturated rings. The van der Waals surface area contributed by atoms with E-state index in [1.165, 1.54) is 19.3 Å². The fraction of sp³-hybridized carbons (Fsp3) is 0.917. The van der Waals surface area contributed by atoms with Gasteiger partial charge >= 0.3 is 5.97 Å². The van der Waals surface area contributed by atoms with Gasteiger partial charge in [-0.15, -0.1) is 0 Å². The number of likely N-dealkylation sites (N-methyl/N-ethyl adjacent to an activating group) is 1. The Morgan fingerprint density at radius 1 is 1.50 bits per heavy atom. The molecule has 0 aliphatic carbocycles. The van der Waals surface area contributed by atoms with E-state index >= 15 is 0 Å². The standard InChI is InChI=1S/C12H24N2O2/c1-10(2)16-12(15)9-14(3)8-11-6-4-5-7-13-11/h10-11,13H,4-9H2,1-3H3. The van der Waals surface area contributed by atoms with Crippen molar-refractivity contribution in [3.05, 3.63) is 0 Å². The highest BCUT2D eigenvalue weighted by Gasteiger charge is 2.16. The van der Waals surface area contributed by atoms with Crippen LogP contribution in [0.3, 0.4) is 0 Å². The first-order valence-electron chi connectivity index (χ1n) is 6.19. The van der Waals surface area contributed by atoms with E-state index in [0.29, 0.717) is 12.6 Å². The van der Waals surface area contributed by atoms with Gasteiger partial charge in [-0.2, -0.15) is 0 Å². The quantitative estimate of drug-likeness (QED) is 0.713. The zero-order valence-electron chi connectivity index (χ0n) is 10.7. The molecule has 0 radical (unpaired) electrons. The van der Waals surface area contributed by atoms with Crippen LogP contribution in [0, 0.1) is 0 Å². The van der Waals surface area contributed by atoms with E-state index in [1.807, 2.05) is 25.8 Å². The van der Waals surface area contributed by atoms with Crippen LogP contribution in [-0.4, -0.2) is 49.7 Å². The number of esters is 1. The molecule has 0 amide bonds. The van der Waals surface area contributed by atoms with Crippen molar-refractivity contribution in [2.75, 3.05) is 26.7 Å². The first-order chi connectivity index (χ1) is 7.58. The first kappa shape index (κ1) is 13.5. The summed E-state index contributed by atoms with van der Waals surface area (Å²) in [6, 6.07) is 0.533. The first-order valence-corrected chi connectivity index (χ1v) is 6.19. The average Bonchev–Trinajstić information content (AvgIpc) is 2.17. The van der Waals surface area contributed by atoms with Gasteiger partial charge in [0.05, 0.1) is 12.6 Å². The minimum Gasteiger partial charge on any atom is -0.462 e. The number of carbonyl (C=O) groups is 1. The van der Waals surface area contributed by atoms with Crippen molar-refractivity contribution >= 4 is 5.97 Å². The highest BCUT2D eigenvalue weighted by atomic mass is 16.5. The normalized spacial score (nSPS) is 21.4. The molecule has 0 bridgehead atoms. The lowest BCUT2D eigenvalue weighted by Gasteiger charge is -2.27. The predicted octanol–water partition coefficient (Wildman–Crippen LogP) is 1.01. The third kappa shape index (κ3) is 5.47. The monoisotopic (exact) mass is 228 g/mol. The van der Waals surface area contributed by atoms with Crippen LogP contribution >= 0.6 is 0 Å². The summed E-state index contributed by atoms with van der Waals surface area (Å²) in [6.07, 6.45) is 3.76. The fourth-order valence-corrected chi connectivity index (χ4v) is 2.04. The lowest BCUT2D eigenvalue weighted by Crippen LogP contribution is -2.44. The number of nitrogens with zero attached hydrogens (tertiary/aromatic N) is 1. The van der Waals surface area contributed by atoms with Gasteiger partial charge in [0.25, 0.3) is 0 Å². The molecule has 0 aromatic carbocycles. The van der Waals surface area contributed by atoms with Crippen LogP contribution in [0.1, 0.15) is 33.1 Å². The maximum atomic E-state index is 11.4. The van der Waals surface area contributed by atoms with Crippen molar-refractivity contribution in [2.24, 2.45) is 0 Å². The SMILES string of the molecule is CC(C)OC(=O)CN(C)CC1CCCCN1.